The van der Waals surface area contributed by atoms with Gasteiger partial charge in [-0.3, -0.25) is 0 Å². The maximum absolute atomic E-state index is 9.80. The van der Waals surface area contributed by atoms with Crippen molar-refractivity contribution in [3.8, 4) is 0 Å². The van der Waals surface area contributed by atoms with Gasteiger partial charge in [-0.1, -0.05) is 61.3 Å². The van der Waals surface area contributed by atoms with Gasteiger partial charge in [-0.05, 0) is 66.3 Å². The molecule has 0 aromatic heterocycles. The van der Waals surface area contributed by atoms with E-state index in [1.165, 1.54) is 0 Å². The third-order valence-electron chi connectivity index (χ3n) is 4.73. The number of hydrogen-bond donors (Lipinski definition) is 3. The molecule has 26 heavy (non-hydrogen) atoms. The van der Waals surface area contributed by atoms with Gasteiger partial charge in [0.05, 0.1) is 11.8 Å². The third-order valence-corrected chi connectivity index (χ3v) is 5.79. The molecule has 3 N–H and O–H groups in total. The molecule has 2 aromatic carbocycles. The number of allylic oxidation sites excluding steroid dienone is 1. The van der Waals surface area contributed by atoms with Gasteiger partial charge in [0.1, 0.15) is 0 Å². The van der Waals surface area contributed by atoms with Crippen molar-refractivity contribution in [2.24, 2.45) is 11.1 Å². The molecule has 2 atom stereocenters. The maximum atomic E-state index is 9.80. The van der Waals surface area contributed by atoms with Crippen LogP contribution < -0.4 is 5.48 Å². The van der Waals surface area contributed by atoms with E-state index in [-0.39, 0.29) is 12.0 Å². The van der Waals surface area contributed by atoms with Crippen LogP contribution in [0.25, 0.3) is 6.08 Å². The molecular formula is C20H20Br2N2O2. The summed E-state index contributed by atoms with van der Waals surface area (Å²) >= 11 is 6.87. The Morgan fingerprint density at radius 3 is 2.23 bits per heavy atom. The summed E-state index contributed by atoms with van der Waals surface area (Å²) in [7, 11) is 0. The highest BCUT2D eigenvalue weighted by molar-refractivity contribution is 9.10. The molecule has 1 aliphatic carbocycles. The van der Waals surface area contributed by atoms with Crippen LogP contribution in [0, 0.1) is 5.92 Å². The smallest absolute Gasteiger partial charge is 0.0878 e. The van der Waals surface area contributed by atoms with Gasteiger partial charge in [-0.25, -0.2) is 0 Å². The summed E-state index contributed by atoms with van der Waals surface area (Å²) in [6, 6.07) is 15.5. The fraction of sp³-hybridized carbons (Fsp3) is 0.250. The molecule has 1 saturated carbocycles. The van der Waals surface area contributed by atoms with Crippen molar-refractivity contribution in [2.75, 3.05) is 0 Å². The van der Waals surface area contributed by atoms with Gasteiger partial charge in [0.25, 0.3) is 0 Å². The van der Waals surface area contributed by atoms with Gasteiger partial charge in [0.15, 0.2) is 0 Å². The van der Waals surface area contributed by atoms with Crippen LogP contribution in [0.5, 0.6) is 0 Å². The van der Waals surface area contributed by atoms with Crippen molar-refractivity contribution in [2.45, 2.75) is 25.3 Å². The van der Waals surface area contributed by atoms with Crippen molar-refractivity contribution in [1.82, 2.24) is 5.48 Å². The Kier molecular flexibility index (Phi) is 6.64. The molecular weight excluding hydrogens is 460 g/mol. The minimum absolute atomic E-state index is 0.110. The first kappa shape index (κ1) is 19.3. The van der Waals surface area contributed by atoms with E-state index >= 15 is 0 Å². The third kappa shape index (κ3) is 4.43. The van der Waals surface area contributed by atoms with Crippen LogP contribution in [0.3, 0.4) is 0 Å². The van der Waals surface area contributed by atoms with E-state index in [0.717, 1.165) is 44.9 Å². The highest BCUT2D eigenvalue weighted by Crippen LogP contribution is 2.36. The zero-order valence-electron chi connectivity index (χ0n) is 14.1. The van der Waals surface area contributed by atoms with E-state index < -0.39 is 0 Å². The molecule has 0 aliphatic heterocycles. The Labute approximate surface area is 169 Å². The lowest BCUT2D eigenvalue weighted by atomic mass is 9.77. The Balaban J connectivity index is 1.91. The van der Waals surface area contributed by atoms with Gasteiger partial charge in [0.2, 0.25) is 0 Å². The number of oxime groups is 1. The summed E-state index contributed by atoms with van der Waals surface area (Å²) in [6.07, 6.45) is 4.72. The van der Waals surface area contributed by atoms with Crippen LogP contribution in [0.2, 0.25) is 0 Å². The number of nitrogens with one attached hydrogen (secondary N) is 1. The first-order valence-corrected chi connectivity index (χ1v) is 10.0. The molecule has 0 saturated heterocycles. The van der Waals surface area contributed by atoms with Crippen LogP contribution in [0.4, 0.5) is 0 Å². The Hall–Kier alpha value is -1.47. The lowest BCUT2D eigenvalue weighted by Crippen LogP contribution is -2.34. The minimum atomic E-state index is -0.331. The average Bonchev–Trinajstić information content (AvgIpc) is 2.66. The van der Waals surface area contributed by atoms with Crippen molar-refractivity contribution in [1.29, 1.82) is 0 Å². The largest absolute Gasteiger partial charge is 0.411 e. The molecule has 4 nitrogen and oxygen atoms in total. The van der Waals surface area contributed by atoms with E-state index in [2.05, 4.69) is 48.6 Å². The average molecular weight is 480 g/mol. The van der Waals surface area contributed by atoms with Crippen molar-refractivity contribution >= 4 is 43.6 Å². The number of benzene rings is 2. The molecule has 2 aromatic rings. The number of nitrogens with zero attached hydrogens (tertiary/aromatic N) is 1. The Morgan fingerprint density at radius 2 is 1.65 bits per heavy atom. The molecule has 1 fully saturated rings. The molecule has 0 radical (unpaired) electrons. The van der Waals surface area contributed by atoms with Gasteiger partial charge in [-0.2, -0.15) is 5.48 Å². The molecule has 0 spiro atoms. The van der Waals surface area contributed by atoms with Gasteiger partial charge >= 0.3 is 0 Å². The standard InChI is InChI=1S/C20H20Br2N2O2/c21-16-8-4-13(5-9-16)12-15-2-1-3-18(20(15)24-26)19(23-25)14-6-10-17(22)11-7-14/h4-12,18-19,23,25-26H,1-3H2/b15-12+,24-20?/t18-,19-/m1/s1. The molecule has 0 unspecified atom stereocenters. The van der Waals surface area contributed by atoms with Gasteiger partial charge in [0, 0.05) is 14.9 Å². The van der Waals surface area contributed by atoms with Crippen LogP contribution >= 0.6 is 31.9 Å². The number of rotatable bonds is 4. The van der Waals surface area contributed by atoms with Gasteiger partial charge < -0.3 is 10.4 Å². The molecule has 0 bridgehead atoms. The zero-order chi connectivity index (χ0) is 18.5. The molecule has 136 valence electrons. The monoisotopic (exact) mass is 478 g/mol. The van der Waals surface area contributed by atoms with Crippen LogP contribution in [0.15, 0.2) is 68.2 Å². The van der Waals surface area contributed by atoms with E-state index in [1.54, 1.807) is 0 Å². The normalized spacial score (nSPS) is 21.9. The fourth-order valence-electron chi connectivity index (χ4n) is 3.45. The molecule has 6 heteroatoms. The van der Waals surface area contributed by atoms with Crippen LogP contribution in [0.1, 0.15) is 36.4 Å². The Morgan fingerprint density at radius 1 is 1.04 bits per heavy atom. The topological polar surface area (TPSA) is 64.9 Å². The zero-order valence-corrected chi connectivity index (χ0v) is 17.2. The maximum Gasteiger partial charge on any atom is 0.0878 e. The van der Waals surface area contributed by atoms with E-state index in [0.29, 0.717) is 5.71 Å². The summed E-state index contributed by atoms with van der Waals surface area (Å²) < 4.78 is 2.01. The van der Waals surface area contributed by atoms with Crippen molar-refractivity contribution < 1.29 is 10.4 Å². The second-order valence-electron chi connectivity index (χ2n) is 6.36. The number of halogens is 2. The van der Waals surface area contributed by atoms with Crippen LogP contribution in [-0.2, 0) is 0 Å². The molecule has 0 heterocycles. The lowest BCUT2D eigenvalue weighted by Gasteiger charge is -2.31. The van der Waals surface area contributed by atoms with Gasteiger partial charge in [-0.15, -0.1) is 0 Å². The molecule has 3 rings (SSSR count). The fourth-order valence-corrected chi connectivity index (χ4v) is 3.98. The Bertz CT molecular complexity index is 802. The summed E-state index contributed by atoms with van der Waals surface area (Å²) in [5, 5.41) is 23.1. The number of hydrogen-bond acceptors (Lipinski definition) is 4. The predicted octanol–water partition coefficient (Wildman–Crippen LogP) is 5.95. The van der Waals surface area contributed by atoms with Crippen LogP contribution in [-0.4, -0.2) is 16.1 Å². The first-order valence-electron chi connectivity index (χ1n) is 8.46. The summed E-state index contributed by atoms with van der Waals surface area (Å²) in [4.78, 5) is 0. The number of hydroxylamine groups is 1. The van der Waals surface area contributed by atoms with E-state index in [1.807, 2.05) is 48.5 Å². The summed E-state index contributed by atoms with van der Waals surface area (Å²) in [5.41, 5.74) is 6.07. The second-order valence-corrected chi connectivity index (χ2v) is 8.19. The molecule has 1 aliphatic rings. The summed E-state index contributed by atoms with van der Waals surface area (Å²) in [5.74, 6) is -0.110. The highest BCUT2D eigenvalue weighted by Gasteiger charge is 2.32. The lowest BCUT2D eigenvalue weighted by molar-refractivity contribution is 0.106. The van der Waals surface area contributed by atoms with Crippen molar-refractivity contribution in [3.05, 3.63) is 74.2 Å². The predicted molar refractivity (Wildman–Crippen MR) is 110 cm³/mol. The highest BCUT2D eigenvalue weighted by atomic mass is 79.9. The van der Waals surface area contributed by atoms with E-state index in [9.17, 15) is 10.4 Å². The minimum Gasteiger partial charge on any atom is -0.411 e. The molecule has 0 amide bonds. The quantitative estimate of drug-likeness (QED) is 0.375. The van der Waals surface area contributed by atoms with E-state index in [4.69, 9.17) is 0 Å². The second kappa shape index (κ2) is 8.95. The van der Waals surface area contributed by atoms with Crippen molar-refractivity contribution in [3.63, 3.8) is 0 Å². The SMILES string of the molecule is ON=C1/C(=C/c2ccc(Br)cc2)CCC[C@@H]1[C@H](NO)c1ccc(Br)cc1. The first-order chi connectivity index (χ1) is 12.6. The summed E-state index contributed by atoms with van der Waals surface area (Å²) in [6.45, 7) is 0.